The van der Waals surface area contributed by atoms with E-state index >= 15 is 0 Å². The van der Waals surface area contributed by atoms with Gasteiger partial charge in [-0.1, -0.05) is 36.4 Å². The number of hydrogen-bond donors (Lipinski definition) is 0. The zero-order valence-electron chi connectivity index (χ0n) is 14.1. The summed E-state index contributed by atoms with van der Waals surface area (Å²) in [6, 6.07) is 19.3. The van der Waals surface area contributed by atoms with E-state index in [1.54, 1.807) is 35.0 Å². The Morgan fingerprint density at radius 2 is 1.81 bits per heavy atom. The van der Waals surface area contributed by atoms with Crippen LogP contribution in [0.15, 0.2) is 84.6 Å². The number of nitro benzene ring substituents is 1. The average molecular weight is 358 g/mol. The third-order valence-electron chi connectivity index (χ3n) is 4.19. The molecule has 0 radical (unpaired) electrons. The molecule has 6 nitrogen and oxygen atoms in total. The predicted molar refractivity (Wildman–Crippen MR) is 101 cm³/mol. The molecule has 1 aliphatic heterocycles. The fourth-order valence-corrected chi connectivity index (χ4v) is 2.90. The van der Waals surface area contributed by atoms with Crippen molar-refractivity contribution in [1.82, 2.24) is 4.57 Å². The van der Waals surface area contributed by atoms with Crippen LogP contribution in [0.25, 0.3) is 17.5 Å². The number of benzene rings is 2. The van der Waals surface area contributed by atoms with Gasteiger partial charge in [-0.25, -0.2) is 4.79 Å². The smallest absolute Gasteiger partial charge is 0.343 e. The van der Waals surface area contributed by atoms with E-state index < -0.39 is 10.9 Å². The number of esters is 1. The molecule has 0 unspecified atom stereocenters. The lowest BCUT2D eigenvalue weighted by molar-refractivity contribution is -0.384. The molecule has 0 spiro atoms. The molecule has 4 rings (SSSR count). The Bertz CT molecular complexity index is 1090. The minimum atomic E-state index is -0.436. The van der Waals surface area contributed by atoms with E-state index in [0.717, 1.165) is 5.56 Å². The number of carbonyl (C=O) groups is 1. The second-order valence-electron chi connectivity index (χ2n) is 5.94. The van der Waals surface area contributed by atoms with Crippen LogP contribution in [0.1, 0.15) is 11.3 Å². The molecule has 0 amide bonds. The number of non-ortho nitro benzene ring substituents is 1. The fraction of sp³-hybridized carbons (Fsp3) is 0. The van der Waals surface area contributed by atoms with Gasteiger partial charge in [-0.05, 0) is 30.4 Å². The third kappa shape index (κ3) is 3.28. The van der Waals surface area contributed by atoms with Crippen molar-refractivity contribution in [2.75, 3.05) is 0 Å². The number of rotatable bonds is 4. The fourth-order valence-electron chi connectivity index (χ4n) is 2.90. The Hall–Kier alpha value is -3.93. The topological polar surface area (TPSA) is 74.4 Å². The first-order chi connectivity index (χ1) is 13.1. The van der Waals surface area contributed by atoms with Crippen LogP contribution in [0.4, 0.5) is 5.69 Å². The number of cyclic esters (lactones) is 1. The number of aromatic nitrogens is 1. The Morgan fingerprint density at radius 1 is 1.00 bits per heavy atom. The number of nitrogens with zero attached hydrogens (tertiary/aromatic N) is 2. The van der Waals surface area contributed by atoms with Crippen LogP contribution in [0.3, 0.4) is 0 Å². The van der Waals surface area contributed by atoms with Crippen molar-refractivity contribution in [3.63, 3.8) is 0 Å². The maximum atomic E-state index is 12.2. The summed E-state index contributed by atoms with van der Waals surface area (Å²) >= 11 is 0. The number of ether oxygens (including phenoxy) is 1. The van der Waals surface area contributed by atoms with Crippen LogP contribution < -0.4 is 0 Å². The molecular weight excluding hydrogens is 344 g/mol. The predicted octanol–water partition coefficient (Wildman–Crippen LogP) is 4.37. The van der Waals surface area contributed by atoms with E-state index in [1.165, 1.54) is 12.1 Å². The van der Waals surface area contributed by atoms with Crippen molar-refractivity contribution >= 4 is 23.5 Å². The van der Waals surface area contributed by atoms with Crippen molar-refractivity contribution in [1.29, 1.82) is 0 Å². The number of nitro groups is 1. The molecular formula is C21H14N2O4. The lowest BCUT2D eigenvalue weighted by Gasteiger charge is -2.06. The van der Waals surface area contributed by atoms with Gasteiger partial charge >= 0.3 is 5.97 Å². The standard InChI is InChI=1S/C21H14N2O4/c24-21-16(13-20(27-21)15-6-2-1-3-7-15)12-17-10-5-11-22(17)18-8-4-9-19(14-18)23(25)26/h1-14H. The number of hydrogen-bond acceptors (Lipinski definition) is 4. The molecule has 1 aromatic heterocycles. The van der Waals surface area contributed by atoms with Crippen LogP contribution in [-0.4, -0.2) is 15.5 Å². The summed E-state index contributed by atoms with van der Waals surface area (Å²) in [5.41, 5.74) is 2.60. The van der Waals surface area contributed by atoms with Gasteiger partial charge in [0.1, 0.15) is 5.76 Å². The Labute approximate surface area is 154 Å². The highest BCUT2D eigenvalue weighted by atomic mass is 16.6. The molecule has 6 heteroatoms. The Balaban J connectivity index is 1.71. The van der Waals surface area contributed by atoms with E-state index in [2.05, 4.69) is 0 Å². The molecule has 0 saturated heterocycles. The first-order valence-electron chi connectivity index (χ1n) is 8.25. The van der Waals surface area contributed by atoms with Crippen molar-refractivity contribution in [3.8, 4) is 5.69 Å². The summed E-state index contributed by atoms with van der Waals surface area (Å²) in [4.78, 5) is 22.8. The second-order valence-corrected chi connectivity index (χ2v) is 5.94. The molecule has 1 aliphatic rings. The lowest BCUT2D eigenvalue weighted by Crippen LogP contribution is -2.00. The van der Waals surface area contributed by atoms with Gasteiger partial charge in [-0.15, -0.1) is 0 Å². The first kappa shape index (κ1) is 16.5. The molecule has 27 heavy (non-hydrogen) atoms. The summed E-state index contributed by atoms with van der Waals surface area (Å²) in [6.45, 7) is 0. The molecule has 3 aromatic rings. The zero-order valence-corrected chi connectivity index (χ0v) is 14.1. The van der Waals surface area contributed by atoms with Gasteiger partial charge in [0.2, 0.25) is 0 Å². The number of carbonyl (C=O) groups excluding carboxylic acids is 1. The van der Waals surface area contributed by atoms with Crippen molar-refractivity contribution in [3.05, 3.63) is 106 Å². The maximum Gasteiger partial charge on any atom is 0.343 e. The monoisotopic (exact) mass is 358 g/mol. The SMILES string of the molecule is O=C1OC(c2ccccc2)=CC1=Cc1cccn1-c1cccc([N+](=O)[O-])c1. The van der Waals surface area contributed by atoms with Crippen molar-refractivity contribution in [2.24, 2.45) is 0 Å². The summed E-state index contributed by atoms with van der Waals surface area (Å²) in [6.07, 6.45) is 5.19. The Morgan fingerprint density at radius 3 is 2.59 bits per heavy atom. The summed E-state index contributed by atoms with van der Waals surface area (Å²) in [7, 11) is 0. The van der Waals surface area contributed by atoms with Crippen LogP contribution in [0.5, 0.6) is 0 Å². The molecule has 0 aliphatic carbocycles. The molecule has 2 aromatic carbocycles. The van der Waals surface area contributed by atoms with Crippen LogP contribution in [0, 0.1) is 10.1 Å². The van der Waals surface area contributed by atoms with Gasteiger partial charge in [0.05, 0.1) is 16.2 Å². The van der Waals surface area contributed by atoms with E-state index in [9.17, 15) is 14.9 Å². The molecule has 132 valence electrons. The highest BCUT2D eigenvalue weighted by Gasteiger charge is 2.22. The molecule has 0 fully saturated rings. The summed E-state index contributed by atoms with van der Waals surface area (Å²) in [5.74, 6) is 0.0703. The van der Waals surface area contributed by atoms with Crippen LogP contribution >= 0.6 is 0 Å². The molecule has 0 bridgehead atoms. The van der Waals surface area contributed by atoms with E-state index in [1.807, 2.05) is 42.5 Å². The molecule has 2 heterocycles. The summed E-state index contributed by atoms with van der Waals surface area (Å²) in [5, 5.41) is 11.0. The third-order valence-corrected chi connectivity index (χ3v) is 4.19. The van der Waals surface area contributed by atoms with Gasteiger partial charge in [0.25, 0.3) is 5.69 Å². The van der Waals surface area contributed by atoms with Crippen molar-refractivity contribution < 1.29 is 14.5 Å². The van der Waals surface area contributed by atoms with E-state index in [-0.39, 0.29) is 5.69 Å². The summed E-state index contributed by atoms with van der Waals surface area (Å²) < 4.78 is 7.14. The Kier molecular flexibility index (Phi) is 4.14. The zero-order chi connectivity index (χ0) is 18.8. The van der Waals surface area contributed by atoms with E-state index in [0.29, 0.717) is 22.7 Å². The van der Waals surface area contributed by atoms with Gasteiger partial charge in [0.15, 0.2) is 0 Å². The average Bonchev–Trinajstić information content (AvgIpc) is 3.30. The molecule has 0 atom stereocenters. The van der Waals surface area contributed by atoms with Crippen LogP contribution in [-0.2, 0) is 9.53 Å². The van der Waals surface area contributed by atoms with E-state index in [4.69, 9.17) is 4.74 Å². The minimum absolute atomic E-state index is 0.00587. The highest BCUT2D eigenvalue weighted by Crippen LogP contribution is 2.28. The van der Waals surface area contributed by atoms with Gasteiger partial charge in [-0.3, -0.25) is 10.1 Å². The van der Waals surface area contributed by atoms with Gasteiger partial charge < -0.3 is 9.30 Å². The maximum absolute atomic E-state index is 12.2. The minimum Gasteiger partial charge on any atom is -0.422 e. The second kappa shape index (κ2) is 6.76. The van der Waals surface area contributed by atoms with Gasteiger partial charge in [0, 0.05) is 29.6 Å². The van der Waals surface area contributed by atoms with Crippen molar-refractivity contribution in [2.45, 2.75) is 0 Å². The highest BCUT2D eigenvalue weighted by molar-refractivity contribution is 6.05. The first-order valence-corrected chi connectivity index (χ1v) is 8.25. The largest absolute Gasteiger partial charge is 0.422 e. The normalized spacial score (nSPS) is 14.9. The molecule has 0 N–H and O–H groups in total. The van der Waals surface area contributed by atoms with Gasteiger partial charge in [-0.2, -0.15) is 0 Å². The van der Waals surface area contributed by atoms with Crippen LogP contribution in [0.2, 0.25) is 0 Å². The molecule has 0 saturated carbocycles. The lowest BCUT2D eigenvalue weighted by atomic mass is 10.1. The quantitative estimate of drug-likeness (QED) is 0.300.